The summed E-state index contributed by atoms with van der Waals surface area (Å²) in [6.07, 6.45) is 3.32. The van der Waals surface area contributed by atoms with E-state index in [0.717, 1.165) is 31.5 Å². The molecule has 0 spiro atoms. The molecular formula is C19H19IN2O5S. The van der Waals surface area contributed by atoms with Gasteiger partial charge in [0.25, 0.3) is 11.1 Å². The van der Waals surface area contributed by atoms with E-state index in [1.165, 1.54) is 0 Å². The molecule has 0 aliphatic carbocycles. The minimum absolute atomic E-state index is 0.242. The van der Waals surface area contributed by atoms with Gasteiger partial charge in [-0.1, -0.05) is 18.7 Å². The fourth-order valence-corrected chi connectivity index (χ4v) is 4.24. The molecule has 3 rings (SSSR count). The Morgan fingerprint density at radius 1 is 1.32 bits per heavy atom. The molecular weight excluding hydrogens is 495 g/mol. The first-order valence-electron chi connectivity index (χ1n) is 8.63. The number of carbonyl (C=O) groups is 3. The number of amides is 3. The number of hydrogen-bond donors (Lipinski definition) is 0. The molecule has 3 amide bonds. The van der Waals surface area contributed by atoms with E-state index in [-0.39, 0.29) is 12.5 Å². The smallest absolute Gasteiger partial charge is 0.294 e. The molecule has 7 nitrogen and oxygen atoms in total. The molecule has 2 aliphatic rings. The molecule has 0 bridgehead atoms. The summed E-state index contributed by atoms with van der Waals surface area (Å²) in [5.41, 5.74) is 0.778. The van der Waals surface area contributed by atoms with Crippen LogP contribution in [-0.2, 0) is 14.3 Å². The van der Waals surface area contributed by atoms with Gasteiger partial charge in [-0.25, -0.2) is 0 Å². The van der Waals surface area contributed by atoms with Crippen LogP contribution in [-0.4, -0.2) is 66.3 Å². The van der Waals surface area contributed by atoms with Crippen molar-refractivity contribution in [2.45, 2.75) is 0 Å². The van der Waals surface area contributed by atoms with Crippen molar-refractivity contribution in [2.24, 2.45) is 0 Å². The highest BCUT2D eigenvalue weighted by Crippen LogP contribution is 2.33. The zero-order valence-corrected chi connectivity index (χ0v) is 18.0. The van der Waals surface area contributed by atoms with Crippen molar-refractivity contribution in [1.82, 2.24) is 9.80 Å². The molecule has 1 aromatic rings. The number of carbonyl (C=O) groups excluding carboxylic acids is 3. The van der Waals surface area contributed by atoms with Gasteiger partial charge in [0.15, 0.2) is 0 Å². The number of thioether (sulfide) groups is 1. The average molecular weight is 514 g/mol. The topological polar surface area (TPSA) is 76.2 Å². The molecule has 1 aromatic carbocycles. The summed E-state index contributed by atoms with van der Waals surface area (Å²) >= 11 is 2.99. The van der Waals surface area contributed by atoms with Gasteiger partial charge in [0, 0.05) is 13.1 Å². The summed E-state index contributed by atoms with van der Waals surface area (Å²) in [5.74, 6) is 0.0329. The molecule has 2 heterocycles. The third-order valence-electron chi connectivity index (χ3n) is 4.14. The van der Waals surface area contributed by atoms with Crippen LogP contribution in [0.5, 0.6) is 5.75 Å². The van der Waals surface area contributed by atoms with Crippen LogP contribution >= 0.6 is 34.4 Å². The lowest BCUT2D eigenvalue weighted by molar-refractivity contribution is -0.139. The Labute approximate surface area is 180 Å². The van der Waals surface area contributed by atoms with Gasteiger partial charge in [-0.05, 0) is 58.1 Å². The third kappa shape index (κ3) is 4.95. The van der Waals surface area contributed by atoms with Gasteiger partial charge in [-0.3, -0.25) is 19.3 Å². The molecule has 2 fully saturated rings. The number of hydrogen-bond acceptors (Lipinski definition) is 6. The van der Waals surface area contributed by atoms with Crippen LogP contribution in [0.4, 0.5) is 4.79 Å². The van der Waals surface area contributed by atoms with Crippen molar-refractivity contribution in [3.63, 3.8) is 0 Å². The van der Waals surface area contributed by atoms with Crippen LogP contribution in [0.25, 0.3) is 6.08 Å². The SMILES string of the molecule is C=CCOc1ccc(/C=C2/SC(=O)N(CC(=O)N3CCOCC3)C2=O)cc1I. The third-order valence-corrected chi connectivity index (χ3v) is 5.89. The highest BCUT2D eigenvalue weighted by Gasteiger charge is 2.37. The van der Waals surface area contributed by atoms with E-state index in [0.29, 0.717) is 37.8 Å². The molecule has 0 aromatic heterocycles. The van der Waals surface area contributed by atoms with E-state index in [1.54, 1.807) is 17.1 Å². The predicted molar refractivity (Wildman–Crippen MR) is 115 cm³/mol. The fraction of sp³-hybridized carbons (Fsp3) is 0.316. The minimum atomic E-state index is -0.446. The van der Waals surface area contributed by atoms with Gasteiger partial charge in [-0.2, -0.15) is 0 Å². The molecule has 2 saturated heterocycles. The largest absolute Gasteiger partial charge is 0.488 e. The molecule has 0 radical (unpaired) electrons. The maximum Gasteiger partial charge on any atom is 0.294 e. The Hall–Kier alpha value is -1.85. The Balaban J connectivity index is 1.69. The molecule has 148 valence electrons. The lowest BCUT2D eigenvalue weighted by Crippen LogP contribution is -2.46. The Bertz CT molecular complexity index is 836. The van der Waals surface area contributed by atoms with Crippen LogP contribution < -0.4 is 4.74 Å². The zero-order valence-electron chi connectivity index (χ0n) is 15.1. The van der Waals surface area contributed by atoms with Crippen molar-refractivity contribution in [3.05, 3.63) is 44.9 Å². The number of ether oxygens (including phenoxy) is 2. The van der Waals surface area contributed by atoms with Gasteiger partial charge in [0.2, 0.25) is 5.91 Å². The summed E-state index contributed by atoms with van der Waals surface area (Å²) in [4.78, 5) is 40.1. The highest BCUT2D eigenvalue weighted by atomic mass is 127. The summed E-state index contributed by atoms with van der Waals surface area (Å²) in [5, 5.41) is -0.432. The molecule has 0 N–H and O–H groups in total. The first kappa shape index (κ1) is 20.9. The predicted octanol–water partition coefficient (Wildman–Crippen LogP) is 2.75. The number of halogens is 1. The molecule has 0 saturated carbocycles. The van der Waals surface area contributed by atoms with E-state index < -0.39 is 11.1 Å². The number of rotatable bonds is 6. The standard InChI is InChI=1S/C19H19IN2O5S/c1-2-7-27-15-4-3-13(10-14(15)20)11-16-18(24)22(19(25)28-16)12-17(23)21-5-8-26-9-6-21/h2-4,10-11H,1,5-9,12H2/b16-11+. The summed E-state index contributed by atoms with van der Waals surface area (Å²) < 4.78 is 11.6. The van der Waals surface area contributed by atoms with Gasteiger partial charge < -0.3 is 14.4 Å². The summed E-state index contributed by atoms with van der Waals surface area (Å²) in [6, 6.07) is 5.49. The number of imide groups is 1. The Kier molecular flexibility index (Phi) is 7.13. The molecule has 0 unspecified atom stereocenters. The van der Waals surface area contributed by atoms with Gasteiger partial charge >= 0.3 is 0 Å². The maximum atomic E-state index is 12.6. The zero-order chi connectivity index (χ0) is 20.1. The Morgan fingerprint density at radius 3 is 2.75 bits per heavy atom. The van der Waals surface area contributed by atoms with Crippen molar-refractivity contribution < 1.29 is 23.9 Å². The molecule has 2 aliphatic heterocycles. The van der Waals surface area contributed by atoms with Crippen LogP contribution in [0.15, 0.2) is 35.8 Å². The second-order valence-corrected chi connectivity index (χ2v) is 8.21. The Morgan fingerprint density at radius 2 is 2.07 bits per heavy atom. The van der Waals surface area contributed by atoms with E-state index >= 15 is 0 Å². The quantitative estimate of drug-likeness (QED) is 0.330. The first-order chi connectivity index (χ1) is 13.5. The monoisotopic (exact) mass is 514 g/mol. The second kappa shape index (κ2) is 9.57. The van der Waals surface area contributed by atoms with Crippen molar-refractivity contribution >= 4 is 57.5 Å². The van der Waals surface area contributed by atoms with Crippen LogP contribution in [0.2, 0.25) is 0 Å². The lowest BCUT2D eigenvalue weighted by Gasteiger charge is -2.28. The van der Waals surface area contributed by atoms with E-state index in [1.807, 2.05) is 18.2 Å². The number of nitrogens with zero attached hydrogens (tertiary/aromatic N) is 2. The van der Waals surface area contributed by atoms with Crippen LogP contribution in [0.1, 0.15) is 5.56 Å². The molecule has 9 heteroatoms. The van der Waals surface area contributed by atoms with Crippen LogP contribution in [0, 0.1) is 3.57 Å². The van der Waals surface area contributed by atoms with Crippen LogP contribution in [0.3, 0.4) is 0 Å². The second-order valence-electron chi connectivity index (χ2n) is 6.05. The van der Waals surface area contributed by atoms with Gasteiger partial charge in [0.05, 0.1) is 21.7 Å². The van der Waals surface area contributed by atoms with E-state index in [4.69, 9.17) is 9.47 Å². The molecule has 0 atom stereocenters. The normalized spacial score (nSPS) is 18.7. The lowest BCUT2D eigenvalue weighted by atomic mass is 10.2. The van der Waals surface area contributed by atoms with Crippen molar-refractivity contribution in [1.29, 1.82) is 0 Å². The first-order valence-corrected chi connectivity index (χ1v) is 10.5. The van der Waals surface area contributed by atoms with Crippen molar-refractivity contribution in [2.75, 3.05) is 39.5 Å². The number of benzene rings is 1. The fourth-order valence-electron chi connectivity index (χ4n) is 2.71. The van der Waals surface area contributed by atoms with E-state index in [2.05, 4.69) is 29.2 Å². The van der Waals surface area contributed by atoms with E-state index in [9.17, 15) is 14.4 Å². The van der Waals surface area contributed by atoms with Gasteiger partial charge in [0.1, 0.15) is 18.9 Å². The van der Waals surface area contributed by atoms with Gasteiger partial charge in [-0.15, -0.1) is 0 Å². The minimum Gasteiger partial charge on any atom is -0.488 e. The summed E-state index contributed by atoms with van der Waals surface area (Å²) in [6.45, 7) is 5.68. The van der Waals surface area contributed by atoms with Crippen molar-refractivity contribution in [3.8, 4) is 5.75 Å². The highest BCUT2D eigenvalue weighted by molar-refractivity contribution is 14.1. The maximum absolute atomic E-state index is 12.6. The number of morpholine rings is 1. The summed E-state index contributed by atoms with van der Waals surface area (Å²) in [7, 11) is 0. The average Bonchev–Trinajstić information content (AvgIpc) is 2.95. The molecule has 28 heavy (non-hydrogen) atoms.